The number of carbonyl (C=O) groups excluding carboxylic acids is 1. The molecular formula is C15H22N2O3. The van der Waals surface area contributed by atoms with Crippen LogP contribution in [0.2, 0.25) is 0 Å². The summed E-state index contributed by atoms with van der Waals surface area (Å²) in [6, 6.07) is 6.04. The van der Waals surface area contributed by atoms with Crippen molar-refractivity contribution in [2.24, 2.45) is 5.41 Å². The number of hydrogen-bond acceptors (Lipinski definition) is 4. The van der Waals surface area contributed by atoms with E-state index in [2.05, 4.69) is 17.6 Å². The molecule has 20 heavy (non-hydrogen) atoms. The lowest BCUT2D eigenvalue weighted by molar-refractivity contribution is -0.128. The summed E-state index contributed by atoms with van der Waals surface area (Å²) in [5.74, 6) is 1.59. The molecule has 1 amide bonds. The molecule has 2 N–H and O–H groups in total. The van der Waals surface area contributed by atoms with Crippen LogP contribution in [0.5, 0.6) is 11.5 Å². The first-order valence-electron chi connectivity index (χ1n) is 6.79. The molecule has 110 valence electrons. The van der Waals surface area contributed by atoms with Crippen LogP contribution in [0.4, 0.5) is 0 Å². The largest absolute Gasteiger partial charge is 0.454 e. The summed E-state index contributed by atoms with van der Waals surface area (Å²) < 4.78 is 10.7. The van der Waals surface area contributed by atoms with Crippen molar-refractivity contribution in [3.63, 3.8) is 0 Å². The Balaban J connectivity index is 1.98. The molecule has 1 aromatic carbocycles. The van der Waals surface area contributed by atoms with Crippen LogP contribution in [0.25, 0.3) is 0 Å². The fraction of sp³-hybridized carbons (Fsp3) is 0.533. The maximum absolute atomic E-state index is 11.7. The molecule has 5 heteroatoms. The number of hydrogen-bond donors (Lipinski definition) is 2. The van der Waals surface area contributed by atoms with Crippen molar-refractivity contribution in [2.45, 2.75) is 26.8 Å². The van der Waals surface area contributed by atoms with Crippen LogP contribution in [-0.2, 0) is 4.79 Å². The fourth-order valence-electron chi connectivity index (χ4n) is 2.13. The first-order chi connectivity index (χ1) is 9.44. The summed E-state index contributed by atoms with van der Waals surface area (Å²) in [6.45, 7) is 6.79. The van der Waals surface area contributed by atoms with Crippen LogP contribution in [-0.4, -0.2) is 26.3 Å². The van der Waals surface area contributed by atoms with E-state index in [1.165, 1.54) is 0 Å². The van der Waals surface area contributed by atoms with E-state index in [1.54, 1.807) is 7.05 Å². The maximum atomic E-state index is 11.7. The van der Waals surface area contributed by atoms with Gasteiger partial charge in [-0.05, 0) is 38.5 Å². The minimum Gasteiger partial charge on any atom is -0.454 e. The number of carbonyl (C=O) groups is 1. The number of rotatable bonds is 5. The molecule has 0 saturated heterocycles. The zero-order valence-electron chi connectivity index (χ0n) is 12.4. The van der Waals surface area contributed by atoms with Gasteiger partial charge < -0.3 is 20.1 Å². The smallest absolute Gasteiger partial charge is 0.231 e. The first kappa shape index (κ1) is 14.7. The molecule has 0 aliphatic carbocycles. The van der Waals surface area contributed by atoms with Gasteiger partial charge in [-0.1, -0.05) is 6.07 Å². The Morgan fingerprint density at radius 1 is 1.35 bits per heavy atom. The standard InChI is InChI=1S/C15H22N2O3/c1-10(17-8-15(2,3)14(18)16-4)11-5-6-12-13(7-11)20-9-19-12/h5-7,10,17H,8-9H2,1-4H3,(H,16,18). The van der Waals surface area contributed by atoms with Crippen LogP contribution < -0.4 is 20.1 Å². The molecule has 0 bridgehead atoms. The molecule has 0 fully saturated rings. The lowest BCUT2D eigenvalue weighted by atomic mass is 9.91. The third-order valence-electron chi connectivity index (χ3n) is 3.59. The second-order valence-corrected chi connectivity index (χ2v) is 5.68. The minimum atomic E-state index is -0.445. The van der Waals surface area contributed by atoms with Crippen molar-refractivity contribution in [3.05, 3.63) is 23.8 Å². The monoisotopic (exact) mass is 278 g/mol. The van der Waals surface area contributed by atoms with Gasteiger partial charge in [0.1, 0.15) is 0 Å². The third-order valence-corrected chi connectivity index (χ3v) is 3.59. The number of nitrogens with one attached hydrogen (secondary N) is 2. The zero-order valence-corrected chi connectivity index (χ0v) is 12.4. The number of amides is 1. The summed E-state index contributed by atoms with van der Waals surface area (Å²) in [7, 11) is 1.66. The molecule has 2 rings (SSSR count). The Bertz CT molecular complexity index is 500. The molecule has 0 spiro atoms. The van der Waals surface area contributed by atoms with Gasteiger partial charge in [0.15, 0.2) is 11.5 Å². The van der Waals surface area contributed by atoms with Crippen molar-refractivity contribution < 1.29 is 14.3 Å². The highest BCUT2D eigenvalue weighted by molar-refractivity contribution is 5.81. The van der Waals surface area contributed by atoms with Crippen LogP contribution in [0, 0.1) is 5.41 Å². The summed E-state index contributed by atoms with van der Waals surface area (Å²) >= 11 is 0. The number of fused-ring (bicyclic) bond motifs is 1. The fourth-order valence-corrected chi connectivity index (χ4v) is 2.13. The van der Waals surface area contributed by atoms with E-state index in [1.807, 2.05) is 32.0 Å². The molecule has 0 saturated carbocycles. The minimum absolute atomic E-state index is 0.0305. The average Bonchev–Trinajstić information content (AvgIpc) is 2.91. The van der Waals surface area contributed by atoms with E-state index >= 15 is 0 Å². The van der Waals surface area contributed by atoms with Crippen molar-refractivity contribution >= 4 is 5.91 Å². The maximum Gasteiger partial charge on any atom is 0.231 e. The van der Waals surface area contributed by atoms with E-state index in [-0.39, 0.29) is 18.7 Å². The van der Waals surface area contributed by atoms with Gasteiger partial charge in [0.2, 0.25) is 12.7 Å². The first-order valence-corrected chi connectivity index (χ1v) is 6.79. The number of benzene rings is 1. The summed E-state index contributed by atoms with van der Waals surface area (Å²) in [5, 5.41) is 6.08. The van der Waals surface area contributed by atoms with Crippen LogP contribution in [0.15, 0.2) is 18.2 Å². The van der Waals surface area contributed by atoms with Crippen molar-refractivity contribution in [2.75, 3.05) is 20.4 Å². The SMILES string of the molecule is CNC(=O)C(C)(C)CNC(C)c1ccc2c(c1)OCO2. The number of ether oxygens (including phenoxy) is 2. The van der Waals surface area contributed by atoms with Gasteiger partial charge >= 0.3 is 0 Å². The Kier molecular flexibility index (Phi) is 4.18. The molecule has 1 aliphatic heterocycles. The molecule has 1 aromatic rings. The second-order valence-electron chi connectivity index (χ2n) is 5.68. The lowest BCUT2D eigenvalue weighted by Gasteiger charge is -2.25. The van der Waals surface area contributed by atoms with Crippen LogP contribution in [0.1, 0.15) is 32.4 Å². The Labute approximate surface area is 119 Å². The van der Waals surface area contributed by atoms with Crippen LogP contribution in [0.3, 0.4) is 0 Å². The average molecular weight is 278 g/mol. The van der Waals surface area contributed by atoms with E-state index < -0.39 is 5.41 Å². The molecule has 0 radical (unpaired) electrons. The van der Waals surface area contributed by atoms with Crippen molar-refractivity contribution in [1.29, 1.82) is 0 Å². The highest BCUT2D eigenvalue weighted by Gasteiger charge is 2.27. The van der Waals surface area contributed by atoms with Crippen molar-refractivity contribution in [1.82, 2.24) is 10.6 Å². The summed E-state index contributed by atoms with van der Waals surface area (Å²) in [4.78, 5) is 11.7. The second kappa shape index (κ2) is 5.71. The predicted molar refractivity (Wildman–Crippen MR) is 76.8 cm³/mol. The van der Waals surface area contributed by atoms with Gasteiger partial charge in [-0.15, -0.1) is 0 Å². The van der Waals surface area contributed by atoms with Gasteiger partial charge in [0.25, 0.3) is 0 Å². The molecule has 0 aromatic heterocycles. The topological polar surface area (TPSA) is 59.6 Å². The molecule has 5 nitrogen and oxygen atoms in total. The van der Waals surface area contributed by atoms with E-state index in [0.29, 0.717) is 6.54 Å². The van der Waals surface area contributed by atoms with E-state index in [9.17, 15) is 4.79 Å². The van der Waals surface area contributed by atoms with Gasteiger partial charge in [-0.2, -0.15) is 0 Å². The summed E-state index contributed by atoms with van der Waals surface area (Å²) in [6.07, 6.45) is 0. The molecule has 1 atom stereocenters. The summed E-state index contributed by atoms with van der Waals surface area (Å²) in [5.41, 5.74) is 0.668. The zero-order chi connectivity index (χ0) is 14.8. The van der Waals surface area contributed by atoms with E-state index in [4.69, 9.17) is 9.47 Å². The van der Waals surface area contributed by atoms with Crippen molar-refractivity contribution in [3.8, 4) is 11.5 Å². The van der Waals surface area contributed by atoms with Crippen LogP contribution >= 0.6 is 0 Å². The highest BCUT2D eigenvalue weighted by Crippen LogP contribution is 2.34. The Hall–Kier alpha value is -1.75. The molecule has 1 heterocycles. The quantitative estimate of drug-likeness (QED) is 0.863. The Morgan fingerprint density at radius 3 is 2.75 bits per heavy atom. The van der Waals surface area contributed by atoms with Gasteiger partial charge in [-0.3, -0.25) is 4.79 Å². The molecule has 1 aliphatic rings. The highest BCUT2D eigenvalue weighted by atomic mass is 16.7. The Morgan fingerprint density at radius 2 is 2.05 bits per heavy atom. The predicted octanol–water partition coefficient (Wildman–Crippen LogP) is 1.84. The third kappa shape index (κ3) is 3.04. The normalized spacial score (nSPS) is 15.0. The lowest BCUT2D eigenvalue weighted by Crippen LogP contribution is -2.42. The molecule has 1 unspecified atom stereocenters. The van der Waals surface area contributed by atoms with Gasteiger partial charge in [-0.25, -0.2) is 0 Å². The van der Waals surface area contributed by atoms with Gasteiger partial charge in [0.05, 0.1) is 5.41 Å². The molecular weight excluding hydrogens is 256 g/mol. The van der Waals surface area contributed by atoms with E-state index in [0.717, 1.165) is 17.1 Å². The van der Waals surface area contributed by atoms with Gasteiger partial charge in [0, 0.05) is 19.6 Å².